The summed E-state index contributed by atoms with van der Waals surface area (Å²) in [4.78, 5) is 27.7. The smallest absolute Gasteiger partial charge is 0.240 e. The molecule has 1 N–H and O–H groups in total. The summed E-state index contributed by atoms with van der Waals surface area (Å²) in [5, 5.41) is 0.331. The minimum atomic E-state index is -3.70. The second-order valence-corrected chi connectivity index (χ2v) is 8.67. The van der Waals surface area contributed by atoms with Crippen molar-refractivity contribution in [2.75, 3.05) is 32.7 Å². The molecule has 7 nitrogen and oxygen atoms in total. The number of nitrogens with one attached hydrogen (secondary N) is 1. The van der Waals surface area contributed by atoms with Crippen LogP contribution >= 0.6 is 11.6 Å². The van der Waals surface area contributed by atoms with Crippen LogP contribution in [0.5, 0.6) is 0 Å². The lowest BCUT2D eigenvalue weighted by atomic mass is 10.1. The van der Waals surface area contributed by atoms with Crippen LogP contribution in [0.25, 0.3) is 0 Å². The van der Waals surface area contributed by atoms with Crippen molar-refractivity contribution in [3.63, 3.8) is 0 Å². The Bertz CT molecular complexity index is 759. The molecule has 0 aliphatic carbocycles. The van der Waals surface area contributed by atoms with E-state index in [1.807, 2.05) is 13.8 Å². The normalized spacial score (nSPS) is 15.4. The van der Waals surface area contributed by atoms with Crippen molar-refractivity contribution in [3.05, 3.63) is 29.3 Å². The summed E-state index contributed by atoms with van der Waals surface area (Å²) in [6.45, 7) is 5.68. The summed E-state index contributed by atoms with van der Waals surface area (Å²) in [5.74, 6) is -0.0973. The van der Waals surface area contributed by atoms with Crippen LogP contribution in [0, 0.1) is 5.92 Å². The van der Waals surface area contributed by atoms with Gasteiger partial charge in [-0.1, -0.05) is 31.5 Å². The van der Waals surface area contributed by atoms with Gasteiger partial charge in [-0.3, -0.25) is 9.59 Å². The first-order chi connectivity index (χ1) is 12.2. The van der Waals surface area contributed by atoms with E-state index in [0.29, 0.717) is 31.2 Å². The predicted octanol–water partition coefficient (Wildman–Crippen LogP) is 1.34. The van der Waals surface area contributed by atoms with E-state index in [1.54, 1.807) is 21.9 Å². The quantitative estimate of drug-likeness (QED) is 0.779. The molecule has 0 spiro atoms. The first-order valence-corrected chi connectivity index (χ1v) is 10.4. The van der Waals surface area contributed by atoms with E-state index >= 15 is 0 Å². The van der Waals surface area contributed by atoms with Gasteiger partial charge in [-0.25, -0.2) is 13.1 Å². The molecule has 1 fully saturated rings. The number of rotatable bonds is 6. The fourth-order valence-corrected chi connectivity index (χ4v) is 4.04. The molecule has 1 heterocycles. The van der Waals surface area contributed by atoms with Crippen LogP contribution in [-0.2, 0) is 19.6 Å². The van der Waals surface area contributed by atoms with Gasteiger partial charge in [-0.15, -0.1) is 0 Å². The minimum absolute atomic E-state index is 0.0127. The fraction of sp³-hybridized carbons (Fsp3) is 0.529. The Balaban J connectivity index is 1.80. The Morgan fingerprint density at radius 3 is 2.35 bits per heavy atom. The topological polar surface area (TPSA) is 86.8 Å². The molecule has 0 bridgehead atoms. The van der Waals surface area contributed by atoms with Gasteiger partial charge in [0.05, 0.1) is 4.90 Å². The Kier molecular flexibility index (Phi) is 7.02. The molecule has 0 unspecified atom stereocenters. The second-order valence-electron chi connectivity index (χ2n) is 6.47. The third-order valence-corrected chi connectivity index (χ3v) is 5.87. The van der Waals surface area contributed by atoms with Crippen LogP contribution in [-0.4, -0.2) is 62.8 Å². The molecular weight excluding hydrogens is 378 g/mol. The zero-order chi connectivity index (χ0) is 19.3. The maximum absolute atomic E-state index is 12.3. The number of halogens is 1. The molecule has 0 radical (unpaired) electrons. The molecular formula is C17H24ClN3O4S. The predicted molar refractivity (Wildman–Crippen MR) is 99.3 cm³/mol. The first-order valence-electron chi connectivity index (χ1n) is 8.52. The SMILES string of the molecule is CC(C)C(=O)N1CCN(C(=O)CCNS(=O)(=O)c2cccc(Cl)c2)CC1. The van der Waals surface area contributed by atoms with Crippen LogP contribution in [0.3, 0.4) is 0 Å². The first kappa shape index (κ1) is 20.7. The molecule has 1 aliphatic rings. The lowest BCUT2D eigenvalue weighted by molar-refractivity contribution is -0.141. The van der Waals surface area contributed by atoms with Crippen LogP contribution in [0.4, 0.5) is 0 Å². The third-order valence-electron chi connectivity index (χ3n) is 4.18. The van der Waals surface area contributed by atoms with E-state index in [4.69, 9.17) is 11.6 Å². The van der Waals surface area contributed by atoms with Crippen molar-refractivity contribution in [3.8, 4) is 0 Å². The van der Waals surface area contributed by atoms with E-state index in [-0.39, 0.29) is 35.6 Å². The third kappa shape index (κ3) is 5.43. The molecule has 1 aliphatic heterocycles. The Morgan fingerprint density at radius 2 is 1.77 bits per heavy atom. The number of hydrogen-bond acceptors (Lipinski definition) is 4. The summed E-state index contributed by atoms with van der Waals surface area (Å²) in [6, 6.07) is 5.95. The summed E-state index contributed by atoms with van der Waals surface area (Å²) in [7, 11) is -3.70. The fourth-order valence-electron chi connectivity index (χ4n) is 2.71. The number of piperazine rings is 1. The van der Waals surface area contributed by atoms with Gasteiger partial charge in [0.2, 0.25) is 21.8 Å². The number of nitrogens with zero attached hydrogens (tertiary/aromatic N) is 2. The highest BCUT2D eigenvalue weighted by atomic mass is 35.5. The summed E-state index contributed by atoms with van der Waals surface area (Å²) >= 11 is 5.81. The van der Waals surface area contributed by atoms with Gasteiger partial charge < -0.3 is 9.80 Å². The van der Waals surface area contributed by atoms with Crippen LogP contribution < -0.4 is 4.72 Å². The monoisotopic (exact) mass is 401 g/mol. The molecule has 1 saturated heterocycles. The van der Waals surface area contributed by atoms with Gasteiger partial charge in [-0.05, 0) is 18.2 Å². The zero-order valence-corrected chi connectivity index (χ0v) is 16.5. The number of carbonyl (C=O) groups is 2. The average Bonchev–Trinajstić information content (AvgIpc) is 2.61. The van der Waals surface area contributed by atoms with Gasteiger partial charge >= 0.3 is 0 Å². The van der Waals surface area contributed by atoms with Crippen molar-refractivity contribution in [2.45, 2.75) is 25.2 Å². The molecule has 2 amide bonds. The highest BCUT2D eigenvalue weighted by Crippen LogP contribution is 2.15. The van der Waals surface area contributed by atoms with Crippen LogP contribution in [0.1, 0.15) is 20.3 Å². The number of amides is 2. The molecule has 2 rings (SSSR count). The molecule has 1 aromatic carbocycles. The number of carbonyl (C=O) groups excluding carboxylic acids is 2. The number of benzene rings is 1. The zero-order valence-electron chi connectivity index (χ0n) is 14.9. The van der Waals surface area contributed by atoms with E-state index < -0.39 is 10.0 Å². The lowest BCUT2D eigenvalue weighted by Gasteiger charge is -2.35. The number of sulfonamides is 1. The van der Waals surface area contributed by atoms with Crippen molar-refractivity contribution >= 4 is 33.4 Å². The molecule has 1 aromatic rings. The maximum atomic E-state index is 12.3. The average molecular weight is 402 g/mol. The highest BCUT2D eigenvalue weighted by Gasteiger charge is 2.25. The summed E-state index contributed by atoms with van der Waals surface area (Å²) < 4.78 is 26.8. The highest BCUT2D eigenvalue weighted by molar-refractivity contribution is 7.89. The Hall–Kier alpha value is -1.64. The second kappa shape index (κ2) is 8.83. The van der Waals surface area contributed by atoms with Crippen LogP contribution in [0.2, 0.25) is 5.02 Å². The summed E-state index contributed by atoms with van der Waals surface area (Å²) in [5.41, 5.74) is 0. The van der Waals surface area contributed by atoms with Gasteiger partial charge in [0.25, 0.3) is 0 Å². The molecule has 0 saturated carbocycles. The van der Waals surface area contributed by atoms with Gasteiger partial charge in [0, 0.05) is 50.1 Å². The van der Waals surface area contributed by atoms with E-state index in [0.717, 1.165) is 0 Å². The Morgan fingerprint density at radius 1 is 1.15 bits per heavy atom. The molecule has 0 atom stereocenters. The van der Waals surface area contributed by atoms with Crippen molar-refractivity contribution in [1.29, 1.82) is 0 Å². The standard InChI is InChI=1S/C17H24ClN3O4S/c1-13(2)17(23)21-10-8-20(9-11-21)16(22)6-7-19-26(24,25)15-5-3-4-14(18)12-15/h3-5,12-13,19H,6-11H2,1-2H3. The minimum Gasteiger partial charge on any atom is -0.339 e. The van der Waals surface area contributed by atoms with Gasteiger partial charge in [0.15, 0.2) is 0 Å². The molecule has 144 valence electrons. The molecule has 0 aromatic heterocycles. The van der Waals surface area contributed by atoms with E-state index in [9.17, 15) is 18.0 Å². The summed E-state index contributed by atoms with van der Waals surface area (Å²) in [6.07, 6.45) is 0.0674. The van der Waals surface area contributed by atoms with Crippen molar-refractivity contribution in [2.24, 2.45) is 5.92 Å². The maximum Gasteiger partial charge on any atom is 0.240 e. The van der Waals surface area contributed by atoms with Crippen molar-refractivity contribution < 1.29 is 18.0 Å². The van der Waals surface area contributed by atoms with Gasteiger partial charge in [0.1, 0.15) is 0 Å². The Labute approximate surface area is 159 Å². The lowest BCUT2D eigenvalue weighted by Crippen LogP contribution is -2.51. The van der Waals surface area contributed by atoms with E-state index in [2.05, 4.69) is 4.72 Å². The molecule has 9 heteroatoms. The number of hydrogen-bond donors (Lipinski definition) is 1. The van der Waals surface area contributed by atoms with E-state index in [1.165, 1.54) is 12.1 Å². The molecule has 26 heavy (non-hydrogen) atoms. The van der Waals surface area contributed by atoms with Crippen molar-refractivity contribution in [1.82, 2.24) is 14.5 Å². The van der Waals surface area contributed by atoms with Gasteiger partial charge in [-0.2, -0.15) is 0 Å². The largest absolute Gasteiger partial charge is 0.339 e. The van der Waals surface area contributed by atoms with Crippen LogP contribution in [0.15, 0.2) is 29.2 Å².